The maximum absolute atomic E-state index is 14.0. The van der Waals surface area contributed by atoms with Crippen molar-refractivity contribution < 1.29 is 17.9 Å². The van der Waals surface area contributed by atoms with Gasteiger partial charge in [-0.15, -0.1) is 11.3 Å². The van der Waals surface area contributed by atoms with Crippen LogP contribution in [0.2, 0.25) is 0 Å². The van der Waals surface area contributed by atoms with Gasteiger partial charge < -0.3 is 20.1 Å². The topological polar surface area (TPSA) is 137 Å². The SMILES string of the molecule is Nc1ncc(-c2nc(-c3ccc(N4CCOCC4)cc3S(=O)(=O)N3CCOCC3)c3sccc3n2)cn1. The minimum absolute atomic E-state index is 0.151. The maximum atomic E-state index is 14.0. The molecule has 2 N–H and O–H groups in total. The van der Waals surface area contributed by atoms with E-state index in [1.165, 1.54) is 15.6 Å². The molecule has 0 unspecified atom stereocenters. The largest absolute Gasteiger partial charge is 0.379 e. The zero-order valence-electron chi connectivity index (χ0n) is 19.9. The molecule has 0 radical (unpaired) electrons. The van der Waals surface area contributed by atoms with E-state index >= 15 is 0 Å². The molecule has 0 spiro atoms. The Balaban J connectivity index is 1.54. The summed E-state index contributed by atoms with van der Waals surface area (Å²) in [5.41, 5.74) is 8.87. The van der Waals surface area contributed by atoms with Crippen molar-refractivity contribution in [2.45, 2.75) is 4.90 Å². The Hall–Kier alpha value is -3.23. The molecule has 11 nitrogen and oxygen atoms in total. The van der Waals surface area contributed by atoms with Crippen molar-refractivity contribution in [2.24, 2.45) is 0 Å². The number of fused-ring (bicyclic) bond motifs is 1. The van der Waals surface area contributed by atoms with E-state index in [0.29, 0.717) is 80.8 Å². The number of hydrogen-bond acceptors (Lipinski definition) is 11. The molecule has 37 heavy (non-hydrogen) atoms. The molecule has 2 fully saturated rings. The number of rotatable bonds is 5. The number of thiophene rings is 1. The smallest absolute Gasteiger partial charge is 0.243 e. The number of sulfonamides is 1. The molecule has 0 amide bonds. The highest BCUT2D eigenvalue weighted by atomic mass is 32.2. The molecule has 192 valence electrons. The highest BCUT2D eigenvalue weighted by molar-refractivity contribution is 7.89. The first kappa shape index (κ1) is 24.1. The van der Waals surface area contributed by atoms with Crippen molar-refractivity contribution in [3.05, 3.63) is 42.0 Å². The van der Waals surface area contributed by atoms with Gasteiger partial charge in [-0.1, -0.05) is 0 Å². The normalized spacial score (nSPS) is 17.4. The molecular weight excluding hydrogens is 514 g/mol. The highest BCUT2D eigenvalue weighted by Crippen LogP contribution is 2.38. The minimum Gasteiger partial charge on any atom is -0.379 e. The van der Waals surface area contributed by atoms with E-state index in [9.17, 15) is 8.42 Å². The second-order valence-electron chi connectivity index (χ2n) is 8.66. The van der Waals surface area contributed by atoms with Crippen LogP contribution in [-0.2, 0) is 19.5 Å². The summed E-state index contributed by atoms with van der Waals surface area (Å²) in [5, 5.41) is 1.92. The first-order valence-electron chi connectivity index (χ1n) is 11.9. The van der Waals surface area contributed by atoms with Crippen molar-refractivity contribution in [3.63, 3.8) is 0 Å². The molecule has 0 atom stereocenters. The number of morpholine rings is 2. The molecule has 5 heterocycles. The number of hydrogen-bond donors (Lipinski definition) is 1. The van der Waals surface area contributed by atoms with Crippen LogP contribution in [0.25, 0.3) is 32.9 Å². The number of ether oxygens (including phenoxy) is 2. The molecule has 0 saturated carbocycles. The van der Waals surface area contributed by atoms with Crippen LogP contribution in [0.4, 0.5) is 11.6 Å². The van der Waals surface area contributed by atoms with E-state index in [0.717, 1.165) is 10.4 Å². The molecule has 6 rings (SSSR count). The quantitative estimate of drug-likeness (QED) is 0.402. The predicted molar refractivity (Wildman–Crippen MR) is 141 cm³/mol. The number of nitrogens with two attached hydrogens (primary N) is 1. The molecule has 0 bridgehead atoms. The monoisotopic (exact) mass is 539 g/mol. The van der Waals surface area contributed by atoms with Gasteiger partial charge in [-0.3, -0.25) is 0 Å². The first-order valence-corrected chi connectivity index (χ1v) is 14.2. The van der Waals surface area contributed by atoms with E-state index in [4.69, 9.17) is 20.2 Å². The van der Waals surface area contributed by atoms with Gasteiger partial charge in [-0.2, -0.15) is 4.31 Å². The van der Waals surface area contributed by atoms with Gasteiger partial charge in [0.2, 0.25) is 16.0 Å². The van der Waals surface area contributed by atoms with Gasteiger partial charge in [0, 0.05) is 49.8 Å². The first-order chi connectivity index (χ1) is 18.0. The minimum atomic E-state index is -3.84. The standard InChI is InChI=1S/C24H25N7O4S2/c25-24-26-14-16(15-27-24)23-28-19-3-12-36-22(19)21(29-23)18-2-1-17(30-4-8-34-9-5-30)13-20(18)37(32,33)31-6-10-35-11-7-31/h1-3,12-15H,4-11H2,(H2,25,26,27). The van der Waals surface area contributed by atoms with Gasteiger partial charge in [-0.05, 0) is 29.6 Å². The van der Waals surface area contributed by atoms with Crippen molar-refractivity contribution in [1.29, 1.82) is 0 Å². The molecular formula is C24H25N7O4S2. The van der Waals surface area contributed by atoms with Crippen LogP contribution < -0.4 is 10.6 Å². The molecule has 2 aliphatic rings. The predicted octanol–water partition coefficient (Wildman–Crippen LogP) is 2.25. The van der Waals surface area contributed by atoms with E-state index < -0.39 is 10.0 Å². The second-order valence-corrected chi connectivity index (χ2v) is 11.5. The third-order valence-corrected chi connectivity index (χ3v) is 9.27. The summed E-state index contributed by atoms with van der Waals surface area (Å²) >= 11 is 1.47. The molecule has 1 aromatic carbocycles. The fraction of sp³-hybridized carbons (Fsp3) is 0.333. The average molecular weight is 540 g/mol. The van der Waals surface area contributed by atoms with Gasteiger partial charge in [0.05, 0.1) is 52.8 Å². The Morgan fingerprint density at radius 3 is 2.35 bits per heavy atom. The zero-order valence-corrected chi connectivity index (χ0v) is 21.5. The van der Waals surface area contributed by atoms with Crippen molar-refractivity contribution in [3.8, 4) is 22.6 Å². The van der Waals surface area contributed by atoms with Crippen LogP contribution >= 0.6 is 11.3 Å². The lowest BCUT2D eigenvalue weighted by atomic mass is 10.1. The number of nitrogens with zero attached hydrogens (tertiary/aromatic N) is 6. The van der Waals surface area contributed by atoms with Crippen molar-refractivity contribution in [1.82, 2.24) is 24.2 Å². The van der Waals surface area contributed by atoms with E-state index in [-0.39, 0.29) is 10.8 Å². The van der Waals surface area contributed by atoms with E-state index in [2.05, 4.69) is 19.9 Å². The Bertz CT molecular complexity index is 1530. The summed E-state index contributed by atoms with van der Waals surface area (Å²) in [6.07, 6.45) is 3.12. The summed E-state index contributed by atoms with van der Waals surface area (Å²) in [7, 11) is -3.84. The van der Waals surface area contributed by atoms with Crippen LogP contribution in [0.5, 0.6) is 0 Å². The lowest BCUT2D eigenvalue weighted by Gasteiger charge is -2.31. The highest BCUT2D eigenvalue weighted by Gasteiger charge is 2.31. The Morgan fingerprint density at radius 2 is 1.62 bits per heavy atom. The van der Waals surface area contributed by atoms with Gasteiger partial charge in [-0.25, -0.2) is 28.4 Å². The van der Waals surface area contributed by atoms with Crippen LogP contribution in [0.15, 0.2) is 46.9 Å². The third kappa shape index (κ3) is 4.64. The number of nitrogen functional groups attached to an aromatic ring is 1. The van der Waals surface area contributed by atoms with Gasteiger partial charge in [0.15, 0.2) is 5.82 Å². The third-order valence-electron chi connectivity index (χ3n) is 6.42. The molecule has 3 aromatic heterocycles. The van der Waals surface area contributed by atoms with Crippen molar-refractivity contribution in [2.75, 3.05) is 63.2 Å². The molecule has 4 aromatic rings. The molecule has 2 saturated heterocycles. The van der Waals surface area contributed by atoms with Crippen LogP contribution in [0.3, 0.4) is 0 Å². The van der Waals surface area contributed by atoms with Crippen LogP contribution in [-0.4, -0.2) is 85.3 Å². The summed E-state index contributed by atoms with van der Waals surface area (Å²) in [4.78, 5) is 20.0. The molecule has 2 aliphatic heterocycles. The van der Waals surface area contributed by atoms with E-state index in [1.807, 2.05) is 23.6 Å². The lowest BCUT2D eigenvalue weighted by molar-refractivity contribution is 0.0730. The van der Waals surface area contributed by atoms with E-state index in [1.54, 1.807) is 18.5 Å². The van der Waals surface area contributed by atoms with Gasteiger partial charge in [0.1, 0.15) is 0 Å². The zero-order chi connectivity index (χ0) is 25.4. The van der Waals surface area contributed by atoms with Gasteiger partial charge in [0.25, 0.3) is 0 Å². The van der Waals surface area contributed by atoms with Crippen LogP contribution in [0, 0.1) is 0 Å². The average Bonchev–Trinajstić information content (AvgIpc) is 3.43. The lowest BCUT2D eigenvalue weighted by Crippen LogP contribution is -2.41. The molecule has 13 heteroatoms. The fourth-order valence-corrected chi connectivity index (χ4v) is 6.95. The summed E-state index contributed by atoms with van der Waals surface area (Å²) < 4.78 is 41.3. The number of aromatic nitrogens is 4. The summed E-state index contributed by atoms with van der Waals surface area (Å²) in [6.45, 7) is 3.92. The maximum Gasteiger partial charge on any atom is 0.243 e. The van der Waals surface area contributed by atoms with Crippen molar-refractivity contribution >= 4 is 43.2 Å². The Morgan fingerprint density at radius 1 is 0.919 bits per heavy atom. The second kappa shape index (κ2) is 9.91. The summed E-state index contributed by atoms with van der Waals surface area (Å²) in [5.74, 6) is 0.547. The summed E-state index contributed by atoms with van der Waals surface area (Å²) in [6, 6.07) is 7.46. The number of anilines is 2. The van der Waals surface area contributed by atoms with Gasteiger partial charge >= 0.3 is 0 Å². The van der Waals surface area contributed by atoms with Crippen LogP contribution in [0.1, 0.15) is 0 Å². The Kier molecular flexibility index (Phi) is 6.46. The fourth-order valence-electron chi connectivity index (χ4n) is 4.49. The number of benzene rings is 1. The molecule has 0 aliphatic carbocycles. The Labute approximate surface area is 218 Å².